The lowest BCUT2D eigenvalue weighted by molar-refractivity contribution is 0.326. The number of nitrogens with one attached hydrogen (secondary N) is 1. The van der Waals surface area contributed by atoms with Gasteiger partial charge in [0, 0.05) is 18.1 Å². The van der Waals surface area contributed by atoms with Gasteiger partial charge in [0.1, 0.15) is 5.82 Å². The molecule has 112 valence electrons. The Morgan fingerprint density at radius 1 is 1.45 bits per heavy atom. The second-order valence-electron chi connectivity index (χ2n) is 4.94. The van der Waals surface area contributed by atoms with Crippen LogP contribution in [0.3, 0.4) is 0 Å². The standard InChI is InChI=1S/C14H19ClFN3.HI/c15-13-8-12(16)5-4-11(13)6-7-18-14(17)19-9-10-2-1-3-10;/h4-5,8,10H,1-3,6-7,9H2,(H3,17,18,19);1H. The van der Waals surface area contributed by atoms with E-state index in [-0.39, 0.29) is 29.8 Å². The molecule has 0 saturated heterocycles. The van der Waals surface area contributed by atoms with Gasteiger partial charge in [0.15, 0.2) is 5.96 Å². The minimum absolute atomic E-state index is 0. The van der Waals surface area contributed by atoms with Crippen molar-refractivity contribution in [2.24, 2.45) is 16.6 Å². The molecule has 0 bridgehead atoms. The Labute approximate surface area is 141 Å². The van der Waals surface area contributed by atoms with Crippen LogP contribution < -0.4 is 11.1 Å². The molecule has 0 unspecified atom stereocenters. The van der Waals surface area contributed by atoms with Gasteiger partial charge in [0.2, 0.25) is 0 Å². The van der Waals surface area contributed by atoms with Gasteiger partial charge in [-0.2, -0.15) is 0 Å². The van der Waals surface area contributed by atoms with E-state index in [4.69, 9.17) is 17.3 Å². The molecule has 0 radical (unpaired) electrons. The smallest absolute Gasteiger partial charge is 0.188 e. The third-order valence-electron chi connectivity index (χ3n) is 3.46. The summed E-state index contributed by atoms with van der Waals surface area (Å²) in [4.78, 5) is 4.30. The lowest BCUT2D eigenvalue weighted by Crippen LogP contribution is -2.34. The Bertz CT molecular complexity index is 464. The first kappa shape index (κ1) is 17.5. The van der Waals surface area contributed by atoms with Crippen molar-refractivity contribution in [1.82, 2.24) is 5.32 Å². The van der Waals surface area contributed by atoms with Crippen molar-refractivity contribution in [3.63, 3.8) is 0 Å². The van der Waals surface area contributed by atoms with Gasteiger partial charge in [-0.15, -0.1) is 24.0 Å². The fourth-order valence-electron chi connectivity index (χ4n) is 2.01. The van der Waals surface area contributed by atoms with E-state index in [0.717, 1.165) is 12.1 Å². The highest BCUT2D eigenvalue weighted by Crippen LogP contribution is 2.26. The molecule has 1 aliphatic carbocycles. The molecule has 1 aromatic carbocycles. The summed E-state index contributed by atoms with van der Waals surface area (Å²) in [6, 6.07) is 4.43. The topological polar surface area (TPSA) is 50.4 Å². The molecular formula is C14H20ClFIN3. The van der Waals surface area contributed by atoms with Crippen molar-refractivity contribution < 1.29 is 4.39 Å². The zero-order valence-corrected chi connectivity index (χ0v) is 14.3. The number of nitrogens with zero attached hydrogens (tertiary/aromatic N) is 1. The maximum atomic E-state index is 12.9. The van der Waals surface area contributed by atoms with Crippen LogP contribution >= 0.6 is 35.6 Å². The normalized spacial score (nSPS) is 15.4. The molecule has 3 nitrogen and oxygen atoms in total. The van der Waals surface area contributed by atoms with Crippen LogP contribution in [0.1, 0.15) is 24.8 Å². The Kier molecular flexibility index (Phi) is 7.58. The van der Waals surface area contributed by atoms with E-state index in [9.17, 15) is 4.39 Å². The number of rotatable bonds is 5. The van der Waals surface area contributed by atoms with E-state index < -0.39 is 0 Å². The molecule has 6 heteroatoms. The van der Waals surface area contributed by atoms with Crippen LogP contribution in [0.15, 0.2) is 23.2 Å². The lowest BCUT2D eigenvalue weighted by atomic mass is 9.86. The summed E-state index contributed by atoms with van der Waals surface area (Å²) in [5.41, 5.74) is 6.68. The zero-order valence-electron chi connectivity index (χ0n) is 11.2. The predicted molar refractivity (Wildman–Crippen MR) is 92.4 cm³/mol. The Morgan fingerprint density at radius 3 is 2.80 bits per heavy atom. The number of aliphatic imine (C=N–C) groups is 1. The van der Waals surface area contributed by atoms with E-state index >= 15 is 0 Å². The molecule has 0 atom stereocenters. The fourth-order valence-corrected chi connectivity index (χ4v) is 2.27. The highest BCUT2D eigenvalue weighted by molar-refractivity contribution is 14.0. The number of hydrogen-bond donors (Lipinski definition) is 2. The van der Waals surface area contributed by atoms with Gasteiger partial charge in [-0.3, -0.25) is 4.99 Å². The van der Waals surface area contributed by atoms with Crippen LogP contribution in [0, 0.1) is 11.7 Å². The summed E-state index contributed by atoms with van der Waals surface area (Å²) < 4.78 is 12.9. The Hall–Kier alpha value is -0.560. The first-order valence-electron chi connectivity index (χ1n) is 6.63. The summed E-state index contributed by atoms with van der Waals surface area (Å²) in [5, 5.41) is 3.50. The summed E-state index contributed by atoms with van der Waals surface area (Å²) in [5.74, 6) is 0.875. The molecule has 0 aromatic heterocycles. The second-order valence-corrected chi connectivity index (χ2v) is 5.34. The minimum atomic E-state index is -0.316. The van der Waals surface area contributed by atoms with E-state index in [0.29, 0.717) is 29.9 Å². The quantitative estimate of drug-likeness (QED) is 0.443. The van der Waals surface area contributed by atoms with E-state index in [1.54, 1.807) is 6.07 Å². The summed E-state index contributed by atoms with van der Waals surface area (Å²) >= 11 is 5.94. The SMILES string of the molecule is I.NC(=NCC1CCC1)NCCc1ccc(F)cc1Cl. The molecule has 0 aliphatic heterocycles. The molecule has 1 saturated carbocycles. The largest absolute Gasteiger partial charge is 0.370 e. The molecule has 20 heavy (non-hydrogen) atoms. The summed E-state index contributed by atoms with van der Waals surface area (Å²) in [7, 11) is 0. The maximum Gasteiger partial charge on any atom is 0.188 e. The third-order valence-corrected chi connectivity index (χ3v) is 3.81. The number of halogens is 3. The number of hydrogen-bond acceptors (Lipinski definition) is 1. The molecule has 0 amide bonds. The molecule has 2 rings (SSSR count). The number of benzene rings is 1. The van der Waals surface area contributed by atoms with Crippen molar-refractivity contribution in [2.45, 2.75) is 25.7 Å². The zero-order chi connectivity index (χ0) is 13.7. The predicted octanol–water partition coefficient (Wildman–Crippen LogP) is 3.34. The van der Waals surface area contributed by atoms with Gasteiger partial charge >= 0.3 is 0 Å². The van der Waals surface area contributed by atoms with Gasteiger partial charge in [-0.05, 0) is 42.9 Å². The second kappa shape index (κ2) is 8.67. The van der Waals surface area contributed by atoms with Gasteiger partial charge < -0.3 is 11.1 Å². The summed E-state index contributed by atoms with van der Waals surface area (Å²) in [6.45, 7) is 1.46. The first-order chi connectivity index (χ1) is 9.15. The number of guanidine groups is 1. The third kappa shape index (κ3) is 5.44. The van der Waals surface area contributed by atoms with Gasteiger partial charge in [0.05, 0.1) is 0 Å². The van der Waals surface area contributed by atoms with Crippen LogP contribution in [0.5, 0.6) is 0 Å². The van der Waals surface area contributed by atoms with Crippen LogP contribution in [0.4, 0.5) is 4.39 Å². The minimum Gasteiger partial charge on any atom is -0.370 e. The average molecular weight is 412 g/mol. The monoisotopic (exact) mass is 411 g/mol. The van der Waals surface area contributed by atoms with Crippen molar-refractivity contribution in [2.75, 3.05) is 13.1 Å². The van der Waals surface area contributed by atoms with Crippen molar-refractivity contribution in [3.8, 4) is 0 Å². The fraction of sp³-hybridized carbons (Fsp3) is 0.500. The Balaban J connectivity index is 0.00000200. The molecule has 0 spiro atoms. The molecule has 1 aromatic rings. The first-order valence-corrected chi connectivity index (χ1v) is 7.00. The van der Waals surface area contributed by atoms with Gasteiger partial charge in [-0.1, -0.05) is 24.1 Å². The lowest BCUT2D eigenvalue weighted by Gasteiger charge is -2.23. The molecule has 1 fully saturated rings. The maximum absolute atomic E-state index is 12.9. The van der Waals surface area contributed by atoms with Crippen molar-refractivity contribution >= 4 is 41.5 Å². The van der Waals surface area contributed by atoms with Crippen LogP contribution in [0.2, 0.25) is 5.02 Å². The highest BCUT2D eigenvalue weighted by Gasteiger charge is 2.16. The average Bonchev–Trinajstić information content (AvgIpc) is 2.30. The molecular weight excluding hydrogens is 392 g/mol. The number of nitrogens with two attached hydrogens (primary N) is 1. The van der Waals surface area contributed by atoms with Crippen LogP contribution in [-0.2, 0) is 6.42 Å². The summed E-state index contributed by atoms with van der Waals surface area (Å²) in [6.07, 6.45) is 4.54. The van der Waals surface area contributed by atoms with E-state index in [2.05, 4.69) is 10.3 Å². The van der Waals surface area contributed by atoms with Gasteiger partial charge in [0.25, 0.3) is 0 Å². The van der Waals surface area contributed by atoms with E-state index in [1.807, 2.05) is 0 Å². The van der Waals surface area contributed by atoms with E-state index in [1.165, 1.54) is 31.4 Å². The van der Waals surface area contributed by atoms with Gasteiger partial charge in [-0.25, -0.2) is 4.39 Å². The van der Waals surface area contributed by atoms with Crippen molar-refractivity contribution in [3.05, 3.63) is 34.6 Å². The van der Waals surface area contributed by atoms with Crippen molar-refractivity contribution in [1.29, 1.82) is 0 Å². The molecule has 3 N–H and O–H groups in total. The molecule has 1 aliphatic rings. The Morgan fingerprint density at radius 2 is 2.20 bits per heavy atom. The van der Waals surface area contributed by atoms with Crippen LogP contribution in [-0.4, -0.2) is 19.0 Å². The van der Waals surface area contributed by atoms with Crippen LogP contribution in [0.25, 0.3) is 0 Å². The highest BCUT2D eigenvalue weighted by atomic mass is 127. The molecule has 0 heterocycles.